The number of carbonyl (C=O) groups excluding carboxylic acids is 2. The second kappa shape index (κ2) is 8.52. The van der Waals surface area contributed by atoms with Gasteiger partial charge in [-0.1, -0.05) is 18.2 Å². The predicted molar refractivity (Wildman–Crippen MR) is 104 cm³/mol. The summed E-state index contributed by atoms with van der Waals surface area (Å²) in [6.07, 6.45) is 3.01. The Labute approximate surface area is 163 Å². The van der Waals surface area contributed by atoms with E-state index in [1.165, 1.54) is 12.3 Å². The van der Waals surface area contributed by atoms with Crippen molar-refractivity contribution in [1.29, 1.82) is 0 Å². The van der Waals surface area contributed by atoms with Crippen LogP contribution >= 0.6 is 22.6 Å². The topological polar surface area (TPSA) is 84.5 Å². The average molecular weight is 462 g/mol. The Hall–Kier alpha value is -2.81. The van der Waals surface area contributed by atoms with E-state index in [1.807, 2.05) is 28.7 Å². The highest BCUT2D eigenvalue weighted by molar-refractivity contribution is 14.1. The smallest absolute Gasteiger partial charge is 0.268 e. The van der Waals surface area contributed by atoms with E-state index in [4.69, 9.17) is 8.83 Å². The number of rotatable bonds is 6. The molecule has 2 aromatic heterocycles. The summed E-state index contributed by atoms with van der Waals surface area (Å²) in [5, 5.41) is 5.35. The lowest BCUT2D eigenvalue weighted by atomic mass is 10.2. The second-order valence-corrected chi connectivity index (χ2v) is 6.35. The lowest BCUT2D eigenvalue weighted by Crippen LogP contribution is -2.34. The third kappa shape index (κ3) is 4.85. The summed E-state index contributed by atoms with van der Waals surface area (Å²) in [4.78, 5) is 24.9. The molecule has 0 spiro atoms. The summed E-state index contributed by atoms with van der Waals surface area (Å²) in [6, 6.07) is 15.6. The number of hydrogen-bond acceptors (Lipinski definition) is 4. The van der Waals surface area contributed by atoms with Crippen molar-refractivity contribution >= 4 is 40.5 Å². The SMILES string of the molecule is O=C(NCc1ccco1)/C(=C\c1ccc(I)o1)NC(=O)c1ccccc1. The minimum atomic E-state index is -0.447. The molecule has 6 nitrogen and oxygen atoms in total. The van der Waals surface area contributed by atoms with Crippen molar-refractivity contribution in [1.82, 2.24) is 10.6 Å². The average Bonchev–Trinajstić information content (AvgIpc) is 3.31. The van der Waals surface area contributed by atoms with Gasteiger partial charge in [0.05, 0.1) is 12.8 Å². The zero-order valence-electron chi connectivity index (χ0n) is 13.6. The lowest BCUT2D eigenvalue weighted by Gasteiger charge is -2.10. The fourth-order valence-electron chi connectivity index (χ4n) is 2.17. The largest absolute Gasteiger partial charge is 0.467 e. The molecule has 0 saturated carbocycles. The molecule has 0 aliphatic rings. The molecule has 0 aliphatic heterocycles. The van der Waals surface area contributed by atoms with Crippen molar-refractivity contribution in [3.05, 3.63) is 87.4 Å². The number of nitrogens with one attached hydrogen (secondary N) is 2. The zero-order valence-corrected chi connectivity index (χ0v) is 15.7. The highest BCUT2D eigenvalue weighted by Gasteiger charge is 2.15. The standard InChI is InChI=1S/C19H15IN2O4/c20-17-9-8-14(26-17)11-16(19(24)21-12-15-7-4-10-25-15)22-18(23)13-5-2-1-3-6-13/h1-11H,12H2,(H,21,24)(H,22,23)/b16-11+. The molecule has 7 heteroatoms. The molecule has 0 fully saturated rings. The Bertz CT molecular complexity index is 914. The van der Waals surface area contributed by atoms with Gasteiger partial charge in [-0.2, -0.15) is 0 Å². The van der Waals surface area contributed by atoms with Gasteiger partial charge in [0.1, 0.15) is 17.2 Å². The number of benzene rings is 1. The Morgan fingerprint density at radius 1 is 1.04 bits per heavy atom. The molecular formula is C19H15IN2O4. The van der Waals surface area contributed by atoms with E-state index in [1.54, 1.807) is 48.5 Å². The lowest BCUT2D eigenvalue weighted by molar-refractivity contribution is -0.118. The van der Waals surface area contributed by atoms with Crippen molar-refractivity contribution in [2.45, 2.75) is 6.54 Å². The van der Waals surface area contributed by atoms with Crippen molar-refractivity contribution in [3.8, 4) is 0 Å². The summed E-state index contributed by atoms with van der Waals surface area (Å²) in [6.45, 7) is 0.208. The van der Waals surface area contributed by atoms with Crippen molar-refractivity contribution in [3.63, 3.8) is 0 Å². The molecule has 0 bridgehead atoms. The summed E-state index contributed by atoms with van der Waals surface area (Å²) >= 11 is 2.03. The Morgan fingerprint density at radius 3 is 2.50 bits per heavy atom. The second-order valence-electron chi connectivity index (χ2n) is 5.28. The number of furan rings is 2. The third-order valence-electron chi connectivity index (χ3n) is 3.41. The molecule has 3 rings (SSSR count). The van der Waals surface area contributed by atoms with E-state index >= 15 is 0 Å². The molecule has 0 aliphatic carbocycles. The van der Waals surface area contributed by atoms with Gasteiger partial charge in [-0.15, -0.1) is 0 Å². The molecule has 0 unspecified atom stereocenters. The van der Waals surface area contributed by atoms with Crippen LogP contribution in [0.1, 0.15) is 21.9 Å². The van der Waals surface area contributed by atoms with Gasteiger partial charge in [-0.25, -0.2) is 0 Å². The van der Waals surface area contributed by atoms with E-state index in [9.17, 15) is 9.59 Å². The third-order valence-corrected chi connectivity index (χ3v) is 3.99. The maximum atomic E-state index is 12.5. The van der Waals surface area contributed by atoms with Crippen LogP contribution in [0, 0.1) is 3.77 Å². The van der Waals surface area contributed by atoms with Gasteiger partial charge in [0.15, 0.2) is 3.77 Å². The fraction of sp³-hybridized carbons (Fsp3) is 0.0526. The minimum Gasteiger partial charge on any atom is -0.467 e. The van der Waals surface area contributed by atoms with Crippen LogP contribution in [0.5, 0.6) is 0 Å². The van der Waals surface area contributed by atoms with Crippen LogP contribution in [-0.4, -0.2) is 11.8 Å². The first-order valence-corrected chi connectivity index (χ1v) is 8.84. The molecule has 26 heavy (non-hydrogen) atoms. The first-order chi connectivity index (χ1) is 12.6. The maximum absolute atomic E-state index is 12.5. The summed E-state index contributed by atoms with van der Waals surface area (Å²) < 4.78 is 11.3. The van der Waals surface area contributed by atoms with Crippen LogP contribution in [0.25, 0.3) is 6.08 Å². The highest BCUT2D eigenvalue weighted by Crippen LogP contribution is 2.13. The molecule has 2 N–H and O–H groups in total. The highest BCUT2D eigenvalue weighted by atomic mass is 127. The molecule has 0 radical (unpaired) electrons. The van der Waals surface area contributed by atoms with Crippen LogP contribution in [0.4, 0.5) is 0 Å². The summed E-state index contributed by atoms with van der Waals surface area (Å²) in [5.41, 5.74) is 0.530. The maximum Gasteiger partial charge on any atom is 0.268 e. The molecular weight excluding hydrogens is 447 g/mol. The first-order valence-electron chi connectivity index (χ1n) is 7.76. The normalized spacial score (nSPS) is 11.2. The number of hydrogen-bond donors (Lipinski definition) is 2. The van der Waals surface area contributed by atoms with E-state index < -0.39 is 5.91 Å². The molecule has 132 valence electrons. The molecule has 0 saturated heterocycles. The zero-order chi connectivity index (χ0) is 18.4. The molecule has 2 heterocycles. The molecule has 3 aromatic rings. The van der Waals surface area contributed by atoms with Gasteiger partial charge in [-0.05, 0) is 59.0 Å². The molecule has 0 atom stereocenters. The van der Waals surface area contributed by atoms with E-state index in [-0.39, 0.29) is 18.1 Å². The fourth-order valence-corrected chi connectivity index (χ4v) is 2.60. The Kier molecular flexibility index (Phi) is 5.90. The van der Waals surface area contributed by atoms with Crippen LogP contribution < -0.4 is 10.6 Å². The van der Waals surface area contributed by atoms with E-state index in [0.717, 1.165) is 0 Å². The van der Waals surface area contributed by atoms with Gasteiger partial charge < -0.3 is 19.5 Å². The van der Waals surface area contributed by atoms with Gasteiger partial charge >= 0.3 is 0 Å². The molecule has 2 amide bonds. The number of amides is 2. The van der Waals surface area contributed by atoms with Crippen LogP contribution in [0.15, 0.2) is 75.4 Å². The van der Waals surface area contributed by atoms with Crippen LogP contribution in [0.2, 0.25) is 0 Å². The number of carbonyl (C=O) groups is 2. The van der Waals surface area contributed by atoms with Crippen LogP contribution in [-0.2, 0) is 11.3 Å². The molecule has 1 aromatic carbocycles. The monoisotopic (exact) mass is 462 g/mol. The van der Waals surface area contributed by atoms with Crippen molar-refractivity contribution in [2.24, 2.45) is 0 Å². The number of halogens is 1. The Morgan fingerprint density at radius 2 is 1.85 bits per heavy atom. The predicted octanol–water partition coefficient (Wildman–Crippen LogP) is 3.56. The first kappa shape index (κ1) is 18.0. The van der Waals surface area contributed by atoms with Crippen LogP contribution in [0.3, 0.4) is 0 Å². The quantitative estimate of drug-likeness (QED) is 0.434. The summed E-state index contributed by atoms with van der Waals surface area (Å²) in [5.74, 6) is 0.244. The van der Waals surface area contributed by atoms with Crippen molar-refractivity contribution < 1.29 is 18.4 Å². The van der Waals surface area contributed by atoms with E-state index in [0.29, 0.717) is 20.9 Å². The van der Waals surface area contributed by atoms with Gasteiger partial charge in [0.2, 0.25) is 0 Å². The van der Waals surface area contributed by atoms with E-state index in [2.05, 4.69) is 10.6 Å². The van der Waals surface area contributed by atoms with Crippen molar-refractivity contribution in [2.75, 3.05) is 0 Å². The van der Waals surface area contributed by atoms with Gasteiger partial charge in [0.25, 0.3) is 11.8 Å². The Balaban J connectivity index is 1.78. The van der Waals surface area contributed by atoms with Gasteiger partial charge in [0, 0.05) is 11.6 Å². The van der Waals surface area contributed by atoms with Gasteiger partial charge in [-0.3, -0.25) is 9.59 Å². The summed E-state index contributed by atoms with van der Waals surface area (Å²) in [7, 11) is 0. The minimum absolute atomic E-state index is 0.0798.